The Balaban J connectivity index is 1.49. The first kappa shape index (κ1) is 17.2. The van der Waals surface area contributed by atoms with Crippen molar-refractivity contribution in [2.45, 2.75) is 31.9 Å². The molecule has 0 spiro atoms. The maximum atomic E-state index is 12.1. The minimum absolute atomic E-state index is 0.0450. The van der Waals surface area contributed by atoms with Gasteiger partial charge in [-0.15, -0.1) is 0 Å². The van der Waals surface area contributed by atoms with Gasteiger partial charge in [0.05, 0.1) is 18.7 Å². The molecule has 2 heterocycles. The molecule has 25 heavy (non-hydrogen) atoms. The van der Waals surface area contributed by atoms with Crippen LogP contribution >= 0.6 is 0 Å². The smallest absolute Gasteiger partial charge is 0.273 e. The molecule has 0 bridgehead atoms. The van der Waals surface area contributed by atoms with E-state index in [4.69, 9.17) is 9.26 Å². The summed E-state index contributed by atoms with van der Waals surface area (Å²) in [7, 11) is 0. The summed E-state index contributed by atoms with van der Waals surface area (Å²) in [6, 6.07) is 10.8. The number of benzene rings is 1. The van der Waals surface area contributed by atoms with Crippen LogP contribution in [0.2, 0.25) is 0 Å². The second-order valence-electron chi connectivity index (χ2n) is 6.03. The van der Waals surface area contributed by atoms with Crippen LogP contribution in [0.25, 0.3) is 11.3 Å². The van der Waals surface area contributed by atoms with E-state index in [2.05, 4.69) is 15.8 Å². The fraction of sp³-hybridized carbons (Fsp3) is 0.389. The lowest BCUT2D eigenvalue weighted by atomic mass is 10.1. The maximum Gasteiger partial charge on any atom is 0.273 e. The van der Waals surface area contributed by atoms with Crippen LogP contribution in [0.15, 0.2) is 40.9 Å². The van der Waals surface area contributed by atoms with Crippen LogP contribution in [0.1, 0.15) is 30.3 Å². The Morgan fingerprint density at radius 3 is 2.84 bits per heavy atom. The number of nitrogens with one attached hydrogen (secondary N) is 2. The lowest BCUT2D eigenvalue weighted by molar-refractivity contribution is -0.121. The topological polar surface area (TPSA) is 93.5 Å². The Bertz CT molecular complexity index is 723. The zero-order valence-corrected chi connectivity index (χ0v) is 14.0. The van der Waals surface area contributed by atoms with Gasteiger partial charge in [0.25, 0.3) is 5.91 Å². The minimum atomic E-state index is -0.453. The molecule has 2 atom stereocenters. The Labute approximate surface area is 145 Å². The van der Waals surface area contributed by atoms with E-state index in [0.29, 0.717) is 5.76 Å². The average molecular weight is 343 g/mol. The second kappa shape index (κ2) is 7.94. The monoisotopic (exact) mass is 343 g/mol. The highest BCUT2D eigenvalue weighted by atomic mass is 16.5. The molecule has 1 fully saturated rings. The predicted octanol–water partition coefficient (Wildman–Crippen LogP) is 1.76. The van der Waals surface area contributed by atoms with E-state index in [9.17, 15) is 9.59 Å². The normalized spacial score (nSPS) is 17.9. The zero-order chi connectivity index (χ0) is 17.6. The molecule has 1 aliphatic heterocycles. The standard InChI is InChI=1S/C18H21N3O4/c1-12(15-8-5-9-24-15)20-17(22)11-19-18(23)14-10-16(25-21-14)13-6-3-2-4-7-13/h2-4,6-7,10,12,15H,5,8-9,11H2,1H3,(H,19,23)(H,20,22)/t12-,15-/m0/s1. The third-order valence-electron chi connectivity index (χ3n) is 4.12. The predicted molar refractivity (Wildman–Crippen MR) is 90.9 cm³/mol. The molecule has 1 aromatic carbocycles. The van der Waals surface area contributed by atoms with Gasteiger partial charge in [-0.3, -0.25) is 9.59 Å². The van der Waals surface area contributed by atoms with Gasteiger partial charge >= 0.3 is 0 Å². The highest BCUT2D eigenvalue weighted by Crippen LogP contribution is 2.19. The van der Waals surface area contributed by atoms with E-state index < -0.39 is 5.91 Å². The molecule has 0 saturated carbocycles. The lowest BCUT2D eigenvalue weighted by Gasteiger charge is -2.19. The van der Waals surface area contributed by atoms with Crippen molar-refractivity contribution in [1.29, 1.82) is 0 Å². The van der Waals surface area contributed by atoms with Gasteiger partial charge in [-0.05, 0) is 19.8 Å². The van der Waals surface area contributed by atoms with Crippen LogP contribution in [-0.4, -0.2) is 42.3 Å². The van der Waals surface area contributed by atoms with Crippen molar-refractivity contribution in [2.75, 3.05) is 13.2 Å². The van der Waals surface area contributed by atoms with Crippen LogP contribution in [-0.2, 0) is 9.53 Å². The summed E-state index contributed by atoms with van der Waals surface area (Å²) < 4.78 is 10.7. The van der Waals surface area contributed by atoms with Crippen molar-refractivity contribution in [1.82, 2.24) is 15.8 Å². The Kier molecular flexibility index (Phi) is 5.45. The van der Waals surface area contributed by atoms with E-state index in [1.165, 1.54) is 0 Å². The molecular weight excluding hydrogens is 322 g/mol. The van der Waals surface area contributed by atoms with Gasteiger partial charge < -0.3 is 19.9 Å². The van der Waals surface area contributed by atoms with Crippen molar-refractivity contribution in [3.05, 3.63) is 42.1 Å². The number of carbonyl (C=O) groups excluding carboxylic acids is 2. The van der Waals surface area contributed by atoms with Crippen LogP contribution in [0.3, 0.4) is 0 Å². The van der Waals surface area contributed by atoms with Gasteiger partial charge in [0.1, 0.15) is 0 Å². The summed E-state index contributed by atoms with van der Waals surface area (Å²) in [5.74, 6) is -0.212. The molecule has 7 nitrogen and oxygen atoms in total. The summed E-state index contributed by atoms with van der Waals surface area (Å²) in [5, 5.41) is 9.14. The van der Waals surface area contributed by atoms with Crippen molar-refractivity contribution >= 4 is 11.8 Å². The second-order valence-corrected chi connectivity index (χ2v) is 6.03. The van der Waals surface area contributed by atoms with E-state index in [1.807, 2.05) is 37.3 Å². The Morgan fingerprint density at radius 1 is 1.32 bits per heavy atom. The average Bonchev–Trinajstić information content (AvgIpc) is 3.32. The van der Waals surface area contributed by atoms with Crippen molar-refractivity contribution < 1.29 is 18.8 Å². The molecule has 3 rings (SSSR count). The van der Waals surface area contributed by atoms with E-state index in [0.717, 1.165) is 25.0 Å². The number of hydrogen-bond acceptors (Lipinski definition) is 5. The number of amides is 2. The molecular formula is C18H21N3O4. The third kappa shape index (κ3) is 4.45. The van der Waals surface area contributed by atoms with Crippen molar-refractivity contribution in [2.24, 2.45) is 0 Å². The van der Waals surface area contributed by atoms with Gasteiger partial charge in [0, 0.05) is 18.2 Å². The van der Waals surface area contributed by atoms with Gasteiger partial charge in [-0.25, -0.2) is 0 Å². The molecule has 1 saturated heterocycles. The molecule has 0 radical (unpaired) electrons. The molecule has 2 aromatic rings. The molecule has 1 aromatic heterocycles. The molecule has 1 aliphatic rings. The van der Waals surface area contributed by atoms with Gasteiger partial charge in [-0.1, -0.05) is 35.5 Å². The van der Waals surface area contributed by atoms with Crippen LogP contribution in [0.5, 0.6) is 0 Å². The van der Waals surface area contributed by atoms with Gasteiger partial charge in [0.2, 0.25) is 5.91 Å². The lowest BCUT2D eigenvalue weighted by Crippen LogP contribution is -2.45. The van der Waals surface area contributed by atoms with Crippen LogP contribution in [0.4, 0.5) is 0 Å². The van der Waals surface area contributed by atoms with E-state index in [-0.39, 0.29) is 30.3 Å². The molecule has 2 amide bonds. The Morgan fingerprint density at radius 2 is 2.12 bits per heavy atom. The third-order valence-corrected chi connectivity index (χ3v) is 4.12. The first-order valence-corrected chi connectivity index (χ1v) is 8.35. The number of aromatic nitrogens is 1. The number of rotatable bonds is 6. The number of ether oxygens (including phenoxy) is 1. The molecule has 0 unspecified atom stereocenters. The summed E-state index contributed by atoms with van der Waals surface area (Å²) in [6.07, 6.45) is 2.00. The summed E-state index contributed by atoms with van der Waals surface area (Å²) >= 11 is 0. The zero-order valence-electron chi connectivity index (χ0n) is 14.0. The molecule has 132 valence electrons. The van der Waals surface area contributed by atoms with Crippen molar-refractivity contribution in [3.63, 3.8) is 0 Å². The highest BCUT2D eigenvalue weighted by molar-refractivity contribution is 5.95. The van der Waals surface area contributed by atoms with Gasteiger partial charge in [-0.2, -0.15) is 0 Å². The fourth-order valence-electron chi connectivity index (χ4n) is 2.77. The van der Waals surface area contributed by atoms with Crippen LogP contribution < -0.4 is 10.6 Å². The molecule has 7 heteroatoms. The van der Waals surface area contributed by atoms with Crippen molar-refractivity contribution in [3.8, 4) is 11.3 Å². The number of hydrogen-bond donors (Lipinski definition) is 2. The largest absolute Gasteiger partial charge is 0.376 e. The fourth-order valence-corrected chi connectivity index (χ4v) is 2.77. The summed E-state index contributed by atoms with van der Waals surface area (Å²) in [5.41, 5.74) is 0.969. The quantitative estimate of drug-likeness (QED) is 0.833. The van der Waals surface area contributed by atoms with Crippen LogP contribution in [0, 0.1) is 0 Å². The first-order chi connectivity index (χ1) is 12.1. The summed E-state index contributed by atoms with van der Waals surface area (Å²) in [6.45, 7) is 2.51. The Hall–Kier alpha value is -2.67. The van der Waals surface area contributed by atoms with Gasteiger partial charge in [0.15, 0.2) is 11.5 Å². The minimum Gasteiger partial charge on any atom is -0.376 e. The number of nitrogens with zero attached hydrogens (tertiary/aromatic N) is 1. The SMILES string of the molecule is C[C@H](NC(=O)CNC(=O)c1cc(-c2ccccc2)on1)[C@@H]1CCCO1. The number of carbonyl (C=O) groups is 2. The molecule has 2 N–H and O–H groups in total. The highest BCUT2D eigenvalue weighted by Gasteiger charge is 2.23. The molecule has 0 aliphatic carbocycles. The maximum absolute atomic E-state index is 12.1. The van der Waals surface area contributed by atoms with E-state index in [1.54, 1.807) is 6.07 Å². The summed E-state index contributed by atoms with van der Waals surface area (Å²) in [4.78, 5) is 24.0. The van der Waals surface area contributed by atoms with E-state index >= 15 is 0 Å². The first-order valence-electron chi connectivity index (χ1n) is 8.35.